The predicted octanol–water partition coefficient (Wildman–Crippen LogP) is 2.72. The number of hydrogen-bond donors (Lipinski definition) is 1. The van der Waals surface area contributed by atoms with E-state index in [2.05, 4.69) is 38.0 Å². The average molecular weight is 555 g/mol. The quantitative estimate of drug-likeness (QED) is 0.617. The first-order chi connectivity index (χ1) is 19.5. The maximum absolute atomic E-state index is 14.4. The van der Waals surface area contributed by atoms with Gasteiger partial charge in [0.15, 0.2) is 17.0 Å². The molecule has 0 unspecified atom stereocenters. The van der Waals surface area contributed by atoms with Crippen LogP contribution in [0.15, 0.2) is 18.3 Å². The summed E-state index contributed by atoms with van der Waals surface area (Å²) in [7, 11) is 0. The van der Waals surface area contributed by atoms with Crippen LogP contribution in [-0.2, 0) is 20.7 Å². The molecule has 0 saturated carbocycles. The second kappa shape index (κ2) is 9.20. The third kappa shape index (κ3) is 3.63. The van der Waals surface area contributed by atoms with Crippen LogP contribution in [0.5, 0.6) is 5.75 Å². The number of fused-ring (bicyclic) bond motifs is 6. The van der Waals surface area contributed by atoms with E-state index in [4.69, 9.17) is 19.2 Å². The van der Waals surface area contributed by atoms with E-state index in [9.17, 15) is 8.78 Å². The lowest BCUT2D eigenvalue weighted by atomic mass is 9.81. The number of hydrogen-bond acceptors (Lipinski definition) is 9. The van der Waals surface area contributed by atoms with Gasteiger partial charge in [-0.1, -0.05) is 0 Å². The second-order valence-electron chi connectivity index (χ2n) is 12.1. The molecule has 214 valence electrons. The minimum atomic E-state index is -2.70. The van der Waals surface area contributed by atoms with Crippen LogP contribution < -0.4 is 19.9 Å². The highest BCUT2D eigenvalue weighted by atomic mass is 19.3. The van der Waals surface area contributed by atoms with Crippen LogP contribution in [-0.4, -0.2) is 92.6 Å². The summed E-state index contributed by atoms with van der Waals surface area (Å²) in [6.45, 7) is 9.79. The zero-order chi connectivity index (χ0) is 27.1. The van der Waals surface area contributed by atoms with Crippen molar-refractivity contribution in [2.24, 2.45) is 0 Å². The number of aryl methyl sites for hydroxylation is 1. The van der Waals surface area contributed by atoms with Gasteiger partial charge in [-0.15, -0.1) is 0 Å². The highest BCUT2D eigenvalue weighted by Gasteiger charge is 2.59. The second-order valence-corrected chi connectivity index (χ2v) is 12.1. The summed E-state index contributed by atoms with van der Waals surface area (Å²) in [5.41, 5.74) is 3.01. The fourth-order valence-electron chi connectivity index (χ4n) is 7.89. The van der Waals surface area contributed by atoms with E-state index in [1.165, 1.54) is 11.1 Å². The first kappa shape index (κ1) is 25.1. The van der Waals surface area contributed by atoms with Gasteiger partial charge in [0.05, 0.1) is 31.2 Å². The number of piperidine rings is 1. The first-order valence-electron chi connectivity index (χ1n) is 14.6. The Labute approximate surface area is 232 Å². The molecule has 0 aromatic carbocycles. The Hall–Kier alpha value is -2.60. The highest BCUT2D eigenvalue weighted by Crippen LogP contribution is 2.55. The van der Waals surface area contributed by atoms with Gasteiger partial charge >= 0.3 is 0 Å². The van der Waals surface area contributed by atoms with Crippen LogP contribution >= 0.6 is 0 Å². The molecule has 2 aromatic heterocycles. The standard InChI is InChI=1S/C29H36F2N6O3/c1-18-2-6-33-26-23(18)28(40-29(26)16-38-17-29)4-9-36(10-5-28)22-14-20-25(24(34-22)27(30)31)39-13-3-19-21(15-37(19)20)35-11-7-32-8-12-35/h2,6,14,19,21,27,32H,3-5,7-13,15-17H2,1H3/t19-,21+/m0/s1. The van der Waals surface area contributed by atoms with E-state index >= 15 is 0 Å². The summed E-state index contributed by atoms with van der Waals surface area (Å²) in [5, 5.41) is 3.42. The van der Waals surface area contributed by atoms with Gasteiger partial charge in [-0.05, 0) is 31.4 Å². The molecule has 2 atom stereocenters. The highest BCUT2D eigenvalue weighted by molar-refractivity contribution is 5.69. The van der Waals surface area contributed by atoms with Gasteiger partial charge < -0.3 is 29.3 Å². The number of pyridine rings is 2. The smallest absolute Gasteiger partial charge is 0.284 e. The van der Waals surface area contributed by atoms with Gasteiger partial charge in [-0.3, -0.25) is 9.88 Å². The molecule has 2 aromatic rings. The molecule has 8 heterocycles. The van der Waals surface area contributed by atoms with E-state index in [0.29, 0.717) is 44.8 Å². The molecule has 0 bridgehead atoms. The average Bonchev–Trinajstić information content (AvgIpc) is 3.15. The van der Waals surface area contributed by atoms with Crippen molar-refractivity contribution >= 4 is 11.5 Å². The van der Waals surface area contributed by atoms with Crippen molar-refractivity contribution in [3.8, 4) is 5.75 Å². The Kier molecular flexibility index (Phi) is 5.78. The van der Waals surface area contributed by atoms with Crippen molar-refractivity contribution in [2.45, 2.75) is 55.9 Å². The molecule has 0 aliphatic carbocycles. The van der Waals surface area contributed by atoms with Crippen LogP contribution in [0, 0.1) is 6.92 Å². The van der Waals surface area contributed by atoms with Gasteiger partial charge in [0, 0.05) is 82.1 Å². The number of nitrogens with one attached hydrogen (secondary N) is 1. The fourth-order valence-corrected chi connectivity index (χ4v) is 7.89. The number of ether oxygens (including phenoxy) is 3. The van der Waals surface area contributed by atoms with Crippen molar-refractivity contribution < 1.29 is 23.0 Å². The Morgan fingerprint density at radius 1 is 1.07 bits per heavy atom. The fraction of sp³-hybridized carbons (Fsp3) is 0.655. The van der Waals surface area contributed by atoms with E-state index in [-0.39, 0.29) is 17.5 Å². The SMILES string of the molecule is Cc1ccnc2c1C1(CCN(c3cc4c(c(C(F)F)n3)OCC[C@H]3[C@H](N5CCNCC5)CN43)CC1)OC21COC1. The van der Waals surface area contributed by atoms with E-state index in [1.54, 1.807) is 0 Å². The molecule has 11 heteroatoms. The molecule has 6 aliphatic rings. The van der Waals surface area contributed by atoms with Crippen LogP contribution in [0.2, 0.25) is 0 Å². The minimum absolute atomic E-state index is 0.243. The molecule has 1 N–H and O–H groups in total. The van der Waals surface area contributed by atoms with E-state index < -0.39 is 17.6 Å². The van der Waals surface area contributed by atoms with Crippen molar-refractivity contribution in [3.63, 3.8) is 0 Å². The molecule has 0 amide bonds. The topological polar surface area (TPSA) is 75.2 Å². The summed E-state index contributed by atoms with van der Waals surface area (Å²) in [6, 6.07) is 4.74. The Morgan fingerprint density at radius 2 is 1.88 bits per heavy atom. The van der Waals surface area contributed by atoms with Crippen molar-refractivity contribution in [1.29, 1.82) is 0 Å². The first-order valence-corrected chi connectivity index (χ1v) is 14.6. The summed E-state index contributed by atoms with van der Waals surface area (Å²) in [4.78, 5) is 16.2. The molecular formula is C29H36F2N6O3. The monoisotopic (exact) mass is 554 g/mol. The number of halogens is 2. The maximum Gasteiger partial charge on any atom is 0.284 e. The third-order valence-electron chi connectivity index (χ3n) is 9.99. The molecular weight excluding hydrogens is 518 g/mol. The number of alkyl halides is 2. The molecule has 8 rings (SSSR count). The lowest BCUT2D eigenvalue weighted by molar-refractivity contribution is -0.260. The van der Waals surface area contributed by atoms with Crippen LogP contribution in [0.25, 0.3) is 0 Å². The Morgan fingerprint density at radius 3 is 2.60 bits per heavy atom. The molecule has 4 saturated heterocycles. The van der Waals surface area contributed by atoms with Gasteiger partial charge in [-0.25, -0.2) is 13.8 Å². The van der Waals surface area contributed by atoms with E-state index in [1.807, 2.05) is 12.3 Å². The summed E-state index contributed by atoms with van der Waals surface area (Å²) in [6.07, 6.45) is 1.46. The summed E-state index contributed by atoms with van der Waals surface area (Å²) >= 11 is 0. The number of nitrogens with zero attached hydrogens (tertiary/aromatic N) is 5. The van der Waals surface area contributed by atoms with Gasteiger partial charge in [-0.2, -0.15) is 0 Å². The number of piperazine rings is 1. The van der Waals surface area contributed by atoms with Crippen LogP contribution in [0.1, 0.15) is 48.2 Å². The normalized spacial score (nSPS) is 28.4. The predicted molar refractivity (Wildman–Crippen MR) is 144 cm³/mol. The van der Waals surface area contributed by atoms with E-state index in [0.717, 1.165) is 63.4 Å². The molecule has 0 radical (unpaired) electrons. The lowest BCUT2D eigenvalue weighted by Crippen LogP contribution is -2.69. The van der Waals surface area contributed by atoms with Crippen molar-refractivity contribution in [3.05, 3.63) is 40.8 Å². The lowest BCUT2D eigenvalue weighted by Gasteiger charge is -2.54. The van der Waals surface area contributed by atoms with Crippen molar-refractivity contribution in [1.82, 2.24) is 20.2 Å². The molecule has 9 nitrogen and oxygen atoms in total. The van der Waals surface area contributed by atoms with Crippen molar-refractivity contribution in [2.75, 3.05) is 75.4 Å². The largest absolute Gasteiger partial charge is 0.489 e. The van der Waals surface area contributed by atoms with Gasteiger partial charge in [0.25, 0.3) is 6.43 Å². The minimum Gasteiger partial charge on any atom is -0.489 e. The Balaban J connectivity index is 1.08. The third-order valence-corrected chi connectivity index (χ3v) is 9.99. The number of rotatable bonds is 3. The van der Waals surface area contributed by atoms with Gasteiger partial charge in [0.1, 0.15) is 11.4 Å². The zero-order valence-electron chi connectivity index (χ0n) is 22.9. The molecule has 6 aliphatic heterocycles. The maximum atomic E-state index is 14.4. The van der Waals surface area contributed by atoms with Gasteiger partial charge in [0.2, 0.25) is 0 Å². The zero-order valence-corrected chi connectivity index (χ0v) is 22.9. The summed E-state index contributed by atoms with van der Waals surface area (Å²) in [5.74, 6) is 0.858. The number of aromatic nitrogens is 2. The number of anilines is 2. The molecule has 40 heavy (non-hydrogen) atoms. The summed E-state index contributed by atoms with van der Waals surface area (Å²) < 4.78 is 47.2. The van der Waals surface area contributed by atoms with Crippen LogP contribution in [0.3, 0.4) is 0 Å². The molecule has 4 fully saturated rings. The Bertz CT molecular complexity index is 1310. The van der Waals surface area contributed by atoms with Crippen LogP contribution in [0.4, 0.5) is 20.3 Å². The molecule has 2 spiro atoms.